The van der Waals surface area contributed by atoms with Crippen molar-refractivity contribution in [3.05, 3.63) is 34.6 Å². The van der Waals surface area contributed by atoms with Crippen LogP contribution in [-0.4, -0.2) is 25.9 Å². The Labute approximate surface area is 130 Å². The second kappa shape index (κ2) is 6.47. The van der Waals surface area contributed by atoms with Crippen LogP contribution in [0.2, 0.25) is 10.0 Å². The summed E-state index contributed by atoms with van der Waals surface area (Å²) in [7, 11) is 1.82. The van der Waals surface area contributed by atoms with Gasteiger partial charge in [0, 0.05) is 12.1 Å². The average molecular weight is 331 g/mol. The van der Waals surface area contributed by atoms with Crippen LogP contribution in [0.5, 0.6) is 0 Å². The molecule has 0 spiro atoms. The zero-order chi connectivity index (χ0) is 14.7. The van der Waals surface area contributed by atoms with Gasteiger partial charge in [-0.2, -0.15) is 0 Å². The first-order valence-electron chi connectivity index (χ1n) is 5.74. The molecule has 0 saturated heterocycles. The van der Waals surface area contributed by atoms with Gasteiger partial charge in [0.25, 0.3) is 0 Å². The lowest BCUT2D eigenvalue weighted by Gasteiger charge is -2.12. The molecule has 1 aromatic heterocycles. The summed E-state index contributed by atoms with van der Waals surface area (Å²) >= 11 is 13.2. The third-order valence-electron chi connectivity index (χ3n) is 2.51. The number of rotatable bonds is 4. The Morgan fingerprint density at radius 2 is 2.20 bits per heavy atom. The Bertz CT molecular complexity index is 632. The number of halogens is 2. The average Bonchev–Trinajstić information content (AvgIpc) is 2.79. The zero-order valence-electron chi connectivity index (χ0n) is 10.8. The summed E-state index contributed by atoms with van der Waals surface area (Å²) in [6.07, 6.45) is 1.58. The van der Waals surface area contributed by atoms with Gasteiger partial charge in [-0.25, -0.2) is 0 Å². The van der Waals surface area contributed by atoms with Crippen LogP contribution >= 0.6 is 35.0 Å². The molecule has 0 radical (unpaired) electrons. The highest BCUT2D eigenvalue weighted by atomic mass is 35.5. The summed E-state index contributed by atoms with van der Waals surface area (Å²) < 4.78 is 1.75. The second-order valence-corrected chi connectivity index (χ2v) is 6.25. The Balaban J connectivity index is 2.04. The van der Waals surface area contributed by atoms with Crippen molar-refractivity contribution in [3.8, 4) is 0 Å². The lowest BCUT2D eigenvalue weighted by Crippen LogP contribution is -2.23. The molecule has 0 aliphatic heterocycles. The van der Waals surface area contributed by atoms with E-state index in [0.717, 1.165) is 0 Å². The largest absolute Gasteiger partial charge is 0.324 e. The fraction of sp³-hybridized carbons (Fsp3) is 0.250. The maximum atomic E-state index is 12.1. The van der Waals surface area contributed by atoms with Crippen molar-refractivity contribution in [3.63, 3.8) is 0 Å². The molecular formula is C12H12Cl2N4OS. The molecule has 0 saturated carbocycles. The molecule has 0 aliphatic carbocycles. The van der Waals surface area contributed by atoms with E-state index in [0.29, 0.717) is 20.9 Å². The van der Waals surface area contributed by atoms with E-state index in [2.05, 4.69) is 15.5 Å². The molecule has 1 atom stereocenters. The number of hydrogen-bond donors (Lipinski definition) is 1. The Hall–Kier alpha value is -1.24. The number of aryl methyl sites for hydroxylation is 1. The highest BCUT2D eigenvalue weighted by molar-refractivity contribution is 8.00. The van der Waals surface area contributed by atoms with Gasteiger partial charge in [0.05, 0.1) is 16.0 Å². The number of aromatic nitrogens is 3. The van der Waals surface area contributed by atoms with Crippen molar-refractivity contribution in [1.29, 1.82) is 0 Å². The standard InChI is InChI=1S/C12H12Cl2N4OS/c1-7(20-12-17-15-6-18(12)2)11(19)16-10-5-8(13)3-4-9(10)14/h3-7H,1-2H3,(H,16,19)/t7-/m0/s1. The maximum Gasteiger partial charge on any atom is 0.237 e. The number of hydrogen-bond acceptors (Lipinski definition) is 4. The molecule has 1 heterocycles. The first kappa shape index (κ1) is 15.2. The van der Waals surface area contributed by atoms with E-state index < -0.39 is 0 Å². The Kier molecular flexibility index (Phi) is 4.91. The zero-order valence-corrected chi connectivity index (χ0v) is 13.1. The van der Waals surface area contributed by atoms with Gasteiger partial charge in [0.1, 0.15) is 6.33 Å². The molecule has 0 fully saturated rings. The third-order valence-corrected chi connectivity index (χ3v) is 4.22. The summed E-state index contributed by atoms with van der Waals surface area (Å²) in [4.78, 5) is 12.1. The first-order valence-corrected chi connectivity index (χ1v) is 7.37. The van der Waals surface area contributed by atoms with Gasteiger partial charge in [-0.3, -0.25) is 4.79 Å². The van der Waals surface area contributed by atoms with Crippen molar-refractivity contribution in [2.24, 2.45) is 7.05 Å². The predicted molar refractivity (Wildman–Crippen MR) is 81.4 cm³/mol. The van der Waals surface area contributed by atoms with Crippen molar-refractivity contribution in [1.82, 2.24) is 14.8 Å². The lowest BCUT2D eigenvalue weighted by molar-refractivity contribution is -0.115. The van der Waals surface area contributed by atoms with Crippen molar-refractivity contribution in [2.45, 2.75) is 17.3 Å². The maximum absolute atomic E-state index is 12.1. The van der Waals surface area contributed by atoms with Gasteiger partial charge in [0.15, 0.2) is 5.16 Å². The van der Waals surface area contributed by atoms with Crippen molar-refractivity contribution in [2.75, 3.05) is 5.32 Å². The van der Waals surface area contributed by atoms with E-state index in [1.165, 1.54) is 11.8 Å². The number of anilines is 1. The van der Waals surface area contributed by atoms with Crippen LogP contribution in [0.25, 0.3) is 0 Å². The molecule has 106 valence electrons. The molecule has 5 nitrogen and oxygen atoms in total. The molecule has 0 aliphatic rings. The molecule has 20 heavy (non-hydrogen) atoms. The number of amides is 1. The Morgan fingerprint density at radius 1 is 1.45 bits per heavy atom. The number of nitrogens with zero attached hydrogens (tertiary/aromatic N) is 3. The van der Waals surface area contributed by atoms with Gasteiger partial charge in [-0.15, -0.1) is 10.2 Å². The Morgan fingerprint density at radius 3 is 2.85 bits per heavy atom. The van der Waals surface area contributed by atoms with Crippen LogP contribution in [0, 0.1) is 0 Å². The minimum atomic E-state index is -0.340. The van der Waals surface area contributed by atoms with E-state index >= 15 is 0 Å². The summed E-state index contributed by atoms with van der Waals surface area (Å²) in [6, 6.07) is 4.92. The molecule has 1 N–H and O–H groups in total. The van der Waals surface area contributed by atoms with Gasteiger partial charge < -0.3 is 9.88 Å². The van der Waals surface area contributed by atoms with Crippen LogP contribution in [0.4, 0.5) is 5.69 Å². The van der Waals surface area contributed by atoms with E-state index in [9.17, 15) is 4.79 Å². The van der Waals surface area contributed by atoms with Crippen LogP contribution in [-0.2, 0) is 11.8 Å². The van der Waals surface area contributed by atoms with Crippen LogP contribution in [0.15, 0.2) is 29.7 Å². The fourth-order valence-corrected chi connectivity index (χ4v) is 2.55. The molecule has 0 unspecified atom stereocenters. The number of thioether (sulfide) groups is 1. The molecule has 1 aromatic carbocycles. The predicted octanol–water partition coefficient (Wildman–Crippen LogP) is 3.24. The van der Waals surface area contributed by atoms with Crippen molar-refractivity contribution < 1.29 is 4.79 Å². The third kappa shape index (κ3) is 3.65. The minimum Gasteiger partial charge on any atom is -0.324 e. The quantitative estimate of drug-likeness (QED) is 0.874. The molecule has 2 rings (SSSR count). The second-order valence-electron chi connectivity index (χ2n) is 4.10. The van der Waals surface area contributed by atoms with Crippen LogP contribution in [0.1, 0.15) is 6.92 Å². The van der Waals surface area contributed by atoms with Gasteiger partial charge in [0.2, 0.25) is 5.91 Å². The topological polar surface area (TPSA) is 59.8 Å². The van der Waals surface area contributed by atoms with E-state index in [-0.39, 0.29) is 11.2 Å². The molecular weight excluding hydrogens is 319 g/mol. The minimum absolute atomic E-state index is 0.179. The number of nitrogens with one attached hydrogen (secondary N) is 1. The van der Waals surface area contributed by atoms with Crippen molar-refractivity contribution >= 4 is 46.6 Å². The van der Waals surface area contributed by atoms with E-state index in [1.54, 1.807) is 36.0 Å². The molecule has 1 amide bonds. The summed E-state index contributed by atoms with van der Waals surface area (Å²) in [5.74, 6) is -0.179. The molecule has 2 aromatic rings. The fourth-order valence-electron chi connectivity index (χ4n) is 1.42. The van der Waals surface area contributed by atoms with E-state index in [1.807, 2.05) is 7.05 Å². The van der Waals surface area contributed by atoms with Gasteiger partial charge in [-0.1, -0.05) is 35.0 Å². The smallest absolute Gasteiger partial charge is 0.237 e. The number of carbonyl (C=O) groups is 1. The summed E-state index contributed by atoms with van der Waals surface area (Å²) in [5.41, 5.74) is 0.495. The number of benzene rings is 1. The molecule has 0 bridgehead atoms. The SMILES string of the molecule is C[C@H](Sc1nncn1C)C(=O)Nc1cc(Cl)ccc1Cl. The van der Waals surface area contributed by atoms with E-state index in [4.69, 9.17) is 23.2 Å². The lowest BCUT2D eigenvalue weighted by atomic mass is 10.3. The highest BCUT2D eigenvalue weighted by Crippen LogP contribution is 2.27. The normalized spacial score (nSPS) is 12.2. The monoisotopic (exact) mass is 330 g/mol. The van der Waals surface area contributed by atoms with Crippen LogP contribution in [0.3, 0.4) is 0 Å². The summed E-state index contributed by atoms with van der Waals surface area (Å²) in [5, 5.41) is 11.7. The van der Waals surface area contributed by atoms with Gasteiger partial charge >= 0.3 is 0 Å². The first-order chi connectivity index (χ1) is 9.47. The summed E-state index contributed by atoms with van der Waals surface area (Å²) in [6.45, 7) is 1.78. The number of carbonyl (C=O) groups excluding carboxylic acids is 1. The van der Waals surface area contributed by atoms with Gasteiger partial charge in [-0.05, 0) is 25.1 Å². The van der Waals surface area contributed by atoms with Crippen LogP contribution < -0.4 is 5.32 Å². The highest BCUT2D eigenvalue weighted by Gasteiger charge is 2.18. The molecule has 8 heteroatoms.